The smallest absolute Gasteiger partial charge is 0.404 e. The molecule has 0 aliphatic heterocycles. The van der Waals surface area contributed by atoms with Gasteiger partial charge in [-0.05, 0) is 41.7 Å². The molecule has 0 saturated heterocycles. The number of hydrogen-bond donors (Lipinski definition) is 4. The molecular weight excluding hydrogens is 354 g/mol. The summed E-state index contributed by atoms with van der Waals surface area (Å²) in [7, 11) is 0. The lowest BCUT2D eigenvalue weighted by Crippen LogP contribution is -2.48. The van der Waals surface area contributed by atoms with E-state index in [0.29, 0.717) is 6.54 Å². The Hall–Kier alpha value is -2.51. The minimum absolute atomic E-state index is 0.0326. The fourth-order valence-corrected chi connectivity index (χ4v) is 2.89. The van der Waals surface area contributed by atoms with Crippen LogP contribution in [0.2, 0.25) is 0 Å². The first-order chi connectivity index (χ1) is 12.9. The number of carboxylic acid groups (broad SMARTS) is 1. The minimum Gasteiger partial charge on any atom is -0.465 e. The number of nitrogens with one attached hydrogen (secondary N) is 2. The summed E-state index contributed by atoms with van der Waals surface area (Å²) in [6, 6.07) is 10.1. The van der Waals surface area contributed by atoms with Crippen molar-refractivity contribution in [2.75, 3.05) is 6.54 Å². The summed E-state index contributed by atoms with van der Waals surface area (Å²) >= 11 is 0. The molecule has 2 unspecified atom stereocenters. The molecule has 2 atom stereocenters. The van der Waals surface area contributed by atoms with E-state index in [1.165, 1.54) is 5.56 Å². The van der Waals surface area contributed by atoms with E-state index in [-0.39, 0.29) is 18.5 Å². The van der Waals surface area contributed by atoms with Gasteiger partial charge in [-0.3, -0.25) is 0 Å². The van der Waals surface area contributed by atoms with Gasteiger partial charge in [0.25, 0.3) is 0 Å². The molecule has 2 rings (SSSR count). The summed E-state index contributed by atoms with van der Waals surface area (Å²) in [4.78, 5) is 11.0. The van der Waals surface area contributed by atoms with Gasteiger partial charge in [-0.25, -0.2) is 13.6 Å². The monoisotopic (exact) mass is 378 g/mol. The van der Waals surface area contributed by atoms with Crippen LogP contribution in [0, 0.1) is 11.6 Å². The highest BCUT2D eigenvalue weighted by atomic mass is 19.1. The van der Waals surface area contributed by atoms with Gasteiger partial charge in [0.15, 0.2) is 0 Å². The molecule has 4 N–H and O–H groups in total. The van der Waals surface area contributed by atoms with Crippen LogP contribution in [-0.4, -0.2) is 35.0 Å². The predicted molar refractivity (Wildman–Crippen MR) is 98.5 cm³/mol. The Morgan fingerprint density at radius 3 is 2.37 bits per heavy atom. The fourth-order valence-electron chi connectivity index (χ4n) is 2.89. The number of halogens is 2. The largest absolute Gasteiger partial charge is 0.465 e. The second kappa shape index (κ2) is 9.99. The van der Waals surface area contributed by atoms with Crippen LogP contribution in [-0.2, 0) is 19.4 Å². The van der Waals surface area contributed by atoms with Crippen LogP contribution in [0.3, 0.4) is 0 Å². The Kier molecular flexibility index (Phi) is 7.69. The van der Waals surface area contributed by atoms with Crippen molar-refractivity contribution in [3.8, 4) is 0 Å². The summed E-state index contributed by atoms with van der Waals surface area (Å²) in [5.41, 5.74) is 2.52. The summed E-state index contributed by atoms with van der Waals surface area (Å²) in [6.45, 7) is 2.70. The van der Waals surface area contributed by atoms with Crippen LogP contribution in [0.5, 0.6) is 0 Å². The number of aliphatic hydroxyl groups excluding tert-OH is 1. The number of carbonyl (C=O) groups is 1. The van der Waals surface area contributed by atoms with Gasteiger partial charge < -0.3 is 20.8 Å². The van der Waals surface area contributed by atoms with E-state index in [1.807, 2.05) is 18.2 Å². The molecule has 146 valence electrons. The topological polar surface area (TPSA) is 81.6 Å². The van der Waals surface area contributed by atoms with Crippen LogP contribution in [0.25, 0.3) is 0 Å². The van der Waals surface area contributed by atoms with E-state index >= 15 is 0 Å². The molecule has 5 nitrogen and oxygen atoms in total. The van der Waals surface area contributed by atoms with E-state index in [1.54, 1.807) is 0 Å². The average molecular weight is 378 g/mol. The highest BCUT2D eigenvalue weighted by Gasteiger charge is 2.22. The van der Waals surface area contributed by atoms with Gasteiger partial charge in [0.05, 0.1) is 12.1 Å². The van der Waals surface area contributed by atoms with Crippen LogP contribution in [0.4, 0.5) is 13.6 Å². The molecule has 0 aliphatic rings. The zero-order chi connectivity index (χ0) is 19.8. The van der Waals surface area contributed by atoms with Crippen LogP contribution >= 0.6 is 0 Å². The Bertz CT molecular complexity index is 750. The van der Waals surface area contributed by atoms with Crippen molar-refractivity contribution in [1.29, 1.82) is 0 Å². The maximum Gasteiger partial charge on any atom is 0.404 e. The molecule has 0 saturated carbocycles. The summed E-state index contributed by atoms with van der Waals surface area (Å²) in [5, 5.41) is 24.7. The Morgan fingerprint density at radius 1 is 1.07 bits per heavy atom. The zero-order valence-corrected chi connectivity index (χ0v) is 15.1. The van der Waals surface area contributed by atoms with E-state index in [4.69, 9.17) is 5.11 Å². The fraction of sp³-hybridized carbons (Fsp3) is 0.350. The zero-order valence-electron chi connectivity index (χ0n) is 15.1. The molecule has 7 heteroatoms. The predicted octanol–water partition coefficient (Wildman–Crippen LogP) is 2.86. The van der Waals surface area contributed by atoms with Crippen molar-refractivity contribution in [2.45, 2.75) is 38.5 Å². The van der Waals surface area contributed by atoms with Gasteiger partial charge in [0.1, 0.15) is 11.6 Å². The maximum absolute atomic E-state index is 13.3. The molecule has 0 aromatic heterocycles. The normalized spacial score (nSPS) is 13.2. The lowest BCUT2D eigenvalue weighted by atomic mass is 10.0. The van der Waals surface area contributed by atoms with Crippen LogP contribution < -0.4 is 10.6 Å². The number of amides is 1. The second-order valence-electron chi connectivity index (χ2n) is 6.41. The van der Waals surface area contributed by atoms with E-state index in [0.717, 1.165) is 30.2 Å². The third kappa shape index (κ3) is 6.96. The third-order valence-electron chi connectivity index (χ3n) is 4.23. The minimum atomic E-state index is -1.31. The van der Waals surface area contributed by atoms with Crippen molar-refractivity contribution < 1.29 is 23.8 Å². The molecule has 2 aromatic carbocycles. The third-order valence-corrected chi connectivity index (χ3v) is 4.23. The molecule has 0 aliphatic carbocycles. The van der Waals surface area contributed by atoms with Crippen molar-refractivity contribution in [1.82, 2.24) is 10.6 Å². The molecular formula is C20H24F2N2O3. The first kappa shape index (κ1) is 20.8. The Balaban J connectivity index is 1.96. The number of benzene rings is 2. The molecule has 27 heavy (non-hydrogen) atoms. The van der Waals surface area contributed by atoms with Gasteiger partial charge in [-0.1, -0.05) is 31.2 Å². The Morgan fingerprint density at radius 2 is 1.74 bits per heavy atom. The summed E-state index contributed by atoms with van der Waals surface area (Å²) in [6.07, 6.45) is -1.49. The van der Waals surface area contributed by atoms with Crippen molar-refractivity contribution >= 4 is 6.09 Å². The van der Waals surface area contributed by atoms with Gasteiger partial charge in [0.2, 0.25) is 0 Å². The first-order valence-corrected chi connectivity index (χ1v) is 8.78. The van der Waals surface area contributed by atoms with Gasteiger partial charge in [-0.2, -0.15) is 0 Å². The summed E-state index contributed by atoms with van der Waals surface area (Å²) < 4.78 is 26.7. The molecule has 1 amide bonds. The number of aryl methyl sites for hydroxylation is 1. The molecule has 0 fully saturated rings. The lowest BCUT2D eigenvalue weighted by molar-refractivity contribution is 0.117. The number of aliphatic hydroxyl groups is 1. The van der Waals surface area contributed by atoms with E-state index in [9.17, 15) is 18.7 Å². The van der Waals surface area contributed by atoms with Crippen LogP contribution in [0.15, 0.2) is 42.5 Å². The van der Waals surface area contributed by atoms with Crippen LogP contribution in [0.1, 0.15) is 23.6 Å². The second-order valence-corrected chi connectivity index (χ2v) is 6.41. The molecule has 0 heterocycles. The standard InChI is InChI=1S/C20H24F2N2O3/c1-2-13-4-3-5-14(6-13)11-23-12-19(25)18(24-20(26)27)9-15-7-16(21)10-17(22)8-15/h3-8,10,18-19,23-25H,2,9,11-12H2,1H3,(H,26,27). The van der Waals surface area contributed by atoms with Gasteiger partial charge in [0, 0.05) is 19.2 Å². The lowest BCUT2D eigenvalue weighted by Gasteiger charge is -2.23. The SMILES string of the molecule is CCc1cccc(CNCC(O)C(Cc2cc(F)cc(F)c2)NC(=O)O)c1. The van der Waals surface area contributed by atoms with Crippen molar-refractivity contribution in [2.24, 2.45) is 0 Å². The van der Waals surface area contributed by atoms with Crippen molar-refractivity contribution in [3.05, 3.63) is 70.8 Å². The molecule has 2 aromatic rings. The Labute approximate surface area is 157 Å². The highest BCUT2D eigenvalue weighted by molar-refractivity contribution is 5.65. The number of hydrogen-bond acceptors (Lipinski definition) is 3. The molecule has 0 spiro atoms. The highest BCUT2D eigenvalue weighted by Crippen LogP contribution is 2.12. The first-order valence-electron chi connectivity index (χ1n) is 8.78. The number of rotatable bonds is 9. The molecule has 0 radical (unpaired) electrons. The summed E-state index contributed by atoms with van der Waals surface area (Å²) in [5.74, 6) is -1.50. The van der Waals surface area contributed by atoms with E-state index in [2.05, 4.69) is 23.6 Å². The maximum atomic E-state index is 13.3. The van der Waals surface area contributed by atoms with Gasteiger partial charge >= 0.3 is 6.09 Å². The van der Waals surface area contributed by atoms with Gasteiger partial charge in [-0.15, -0.1) is 0 Å². The van der Waals surface area contributed by atoms with Crippen molar-refractivity contribution in [3.63, 3.8) is 0 Å². The average Bonchev–Trinajstić information content (AvgIpc) is 2.60. The van der Waals surface area contributed by atoms with E-state index < -0.39 is 29.9 Å². The molecule has 0 bridgehead atoms. The quantitative estimate of drug-likeness (QED) is 0.541.